The molecule has 0 aliphatic carbocycles. The summed E-state index contributed by atoms with van der Waals surface area (Å²) in [6.45, 7) is 0. The number of amides is 1. The normalized spacial score (nSPS) is 8.62. The largest absolute Gasteiger partial charge is 0.373 e. The van der Waals surface area contributed by atoms with E-state index in [0.29, 0.717) is 5.69 Å². The summed E-state index contributed by atoms with van der Waals surface area (Å²) in [4.78, 5) is 14.7. The molecular weight excluding hydrogens is 166 g/mol. The topological polar surface area (TPSA) is 54.0 Å². The zero-order valence-corrected chi connectivity index (χ0v) is 7.16. The summed E-state index contributed by atoms with van der Waals surface area (Å²) in [5.74, 6) is 2.21. The van der Waals surface area contributed by atoms with Crippen molar-refractivity contribution in [2.75, 3.05) is 17.7 Å². The van der Waals surface area contributed by atoms with E-state index >= 15 is 0 Å². The standard InChI is InChI=1S/C9H9N3O/c1-3-9(13)12-7-4-5-8(10-2)11-6-7/h1,4-6H,2H3,(H,10,11)(H,12,13). The molecule has 13 heavy (non-hydrogen) atoms. The fraction of sp³-hybridized carbons (Fsp3) is 0.111. The van der Waals surface area contributed by atoms with Gasteiger partial charge in [0.15, 0.2) is 0 Å². The van der Waals surface area contributed by atoms with Crippen LogP contribution < -0.4 is 10.6 Å². The minimum Gasteiger partial charge on any atom is -0.373 e. The molecule has 2 N–H and O–H groups in total. The van der Waals surface area contributed by atoms with E-state index in [0.717, 1.165) is 5.82 Å². The van der Waals surface area contributed by atoms with Gasteiger partial charge in [0.2, 0.25) is 0 Å². The van der Waals surface area contributed by atoms with Crippen LogP contribution in [0.25, 0.3) is 0 Å². The van der Waals surface area contributed by atoms with Crippen LogP contribution in [0.15, 0.2) is 18.3 Å². The monoisotopic (exact) mass is 175 g/mol. The smallest absolute Gasteiger partial charge is 0.300 e. The van der Waals surface area contributed by atoms with E-state index in [1.807, 2.05) is 5.92 Å². The number of nitrogens with zero attached hydrogens (tertiary/aromatic N) is 1. The molecular formula is C9H9N3O. The number of terminal acetylenes is 1. The van der Waals surface area contributed by atoms with Crippen LogP contribution in [0.5, 0.6) is 0 Å². The average Bonchev–Trinajstić information content (AvgIpc) is 2.19. The molecule has 1 aromatic rings. The first-order valence-electron chi connectivity index (χ1n) is 3.67. The maximum absolute atomic E-state index is 10.7. The Labute approximate surface area is 76.4 Å². The molecule has 0 spiro atoms. The summed E-state index contributed by atoms with van der Waals surface area (Å²) >= 11 is 0. The molecule has 1 heterocycles. The van der Waals surface area contributed by atoms with Crippen molar-refractivity contribution in [3.63, 3.8) is 0 Å². The fourth-order valence-electron chi connectivity index (χ4n) is 0.783. The minimum atomic E-state index is -0.473. The van der Waals surface area contributed by atoms with Gasteiger partial charge in [-0.05, 0) is 18.1 Å². The fourth-order valence-corrected chi connectivity index (χ4v) is 0.783. The highest BCUT2D eigenvalue weighted by atomic mass is 16.1. The van der Waals surface area contributed by atoms with Crippen LogP contribution in [-0.2, 0) is 4.79 Å². The first-order valence-corrected chi connectivity index (χ1v) is 3.67. The Morgan fingerprint density at radius 2 is 2.38 bits per heavy atom. The molecule has 4 heteroatoms. The SMILES string of the molecule is C#CC(=O)Nc1ccc(NC)nc1. The zero-order chi connectivity index (χ0) is 9.68. The van der Waals surface area contributed by atoms with Gasteiger partial charge in [0.1, 0.15) is 5.82 Å². The van der Waals surface area contributed by atoms with E-state index in [-0.39, 0.29) is 0 Å². The average molecular weight is 175 g/mol. The Bertz CT molecular complexity index is 337. The van der Waals surface area contributed by atoms with Gasteiger partial charge in [-0.25, -0.2) is 4.98 Å². The summed E-state index contributed by atoms with van der Waals surface area (Å²) in [6, 6.07) is 3.46. The van der Waals surface area contributed by atoms with Crippen molar-refractivity contribution >= 4 is 17.4 Å². The highest BCUT2D eigenvalue weighted by Gasteiger charge is 1.97. The van der Waals surface area contributed by atoms with E-state index < -0.39 is 5.91 Å². The van der Waals surface area contributed by atoms with Gasteiger partial charge in [0, 0.05) is 7.05 Å². The predicted octanol–water partition coefficient (Wildman–Crippen LogP) is 0.695. The van der Waals surface area contributed by atoms with Gasteiger partial charge in [0.25, 0.3) is 5.91 Å². The molecule has 1 amide bonds. The van der Waals surface area contributed by atoms with Crippen molar-refractivity contribution in [2.24, 2.45) is 0 Å². The predicted molar refractivity (Wildman–Crippen MR) is 51.2 cm³/mol. The number of hydrogen-bond donors (Lipinski definition) is 2. The van der Waals surface area contributed by atoms with Crippen molar-refractivity contribution in [2.45, 2.75) is 0 Å². The van der Waals surface area contributed by atoms with E-state index in [2.05, 4.69) is 15.6 Å². The van der Waals surface area contributed by atoms with Gasteiger partial charge < -0.3 is 10.6 Å². The van der Waals surface area contributed by atoms with E-state index in [1.54, 1.807) is 19.2 Å². The zero-order valence-electron chi connectivity index (χ0n) is 7.16. The van der Waals surface area contributed by atoms with Gasteiger partial charge in [-0.15, -0.1) is 6.42 Å². The van der Waals surface area contributed by atoms with Crippen LogP contribution in [0.2, 0.25) is 0 Å². The van der Waals surface area contributed by atoms with Crippen LogP contribution in [0.4, 0.5) is 11.5 Å². The maximum Gasteiger partial charge on any atom is 0.300 e. The van der Waals surface area contributed by atoms with E-state index in [4.69, 9.17) is 6.42 Å². The second-order valence-electron chi connectivity index (χ2n) is 2.28. The summed E-state index contributed by atoms with van der Waals surface area (Å²) in [5.41, 5.74) is 0.585. The van der Waals surface area contributed by atoms with Crippen LogP contribution >= 0.6 is 0 Å². The second kappa shape index (κ2) is 4.12. The Hall–Kier alpha value is -2.02. The summed E-state index contributed by atoms with van der Waals surface area (Å²) in [6.07, 6.45) is 6.41. The van der Waals surface area contributed by atoms with Crippen molar-refractivity contribution in [3.8, 4) is 12.3 Å². The van der Waals surface area contributed by atoms with Crippen molar-refractivity contribution in [3.05, 3.63) is 18.3 Å². The summed E-state index contributed by atoms with van der Waals surface area (Å²) in [7, 11) is 1.77. The molecule has 0 atom stereocenters. The molecule has 0 radical (unpaired) electrons. The lowest BCUT2D eigenvalue weighted by Gasteiger charge is -2.01. The number of anilines is 2. The first kappa shape index (κ1) is 9.07. The third-order valence-corrected chi connectivity index (χ3v) is 1.41. The number of carbonyl (C=O) groups is 1. The number of hydrogen-bond acceptors (Lipinski definition) is 3. The van der Waals surface area contributed by atoms with Gasteiger partial charge in [-0.2, -0.15) is 0 Å². The van der Waals surface area contributed by atoms with Gasteiger partial charge in [-0.1, -0.05) is 0 Å². The number of pyridine rings is 1. The van der Waals surface area contributed by atoms with Crippen molar-refractivity contribution < 1.29 is 4.79 Å². The lowest BCUT2D eigenvalue weighted by atomic mass is 10.4. The lowest BCUT2D eigenvalue weighted by Crippen LogP contribution is -2.08. The lowest BCUT2D eigenvalue weighted by molar-refractivity contribution is -0.111. The molecule has 0 fully saturated rings. The van der Waals surface area contributed by atoms with Gasteiger partial charge in [0.05, 0.1) is 11.9 Å². The molecule has 0 aliphatic rings. The molecule has 0 saturated carbocycles. The van der Waals surface area contributed by atoms with Gasteiger partial charge >= 0.3 is 0 Å². The van der Waals surface area contributed by atoms with Crippen LogP contribution in [-0.4, -0.2) is 17.9 Å². The Morgan fingerprint density at radius 3 is 2.85 bits per heavy atom. The van der Waals surface area contributed by atoms with Crippen molar-refractivity contribution in [1.29, 1.82) is 0 Å². The van der Waals surface area contributed by atoms with Crippen LogP contribution in [0, 0.1) is 12.3 Å². The van der Waals surface area contributed by atoms with Crippen LogP contribution in [0.3, 0.4) is 0 Å². The molecule has 4 nitrogen and oxygen atoms in total. The Morgan fingerprint density at radius 1 is 1.62 bits per heavy atom. The molecule has 0 saturated heterocycles. The molecule has 0 aromatic carbocycles. The first-order chi connectivity index (χ1) is 6.26. The molecule has 66 valence electrons. The quantitative estimate of drug-likeness (QED) is 0.650. The summed E-state index contributed by atoms with van der Waals surface area (Å²) in [5, 5.41) is 5.33. The number of rotatable bonds is 2. The van der Waals surface area contributed by atoms with E-state index in [9.17, 15) is 4.79 Å². The third-order valence-electron chi connectivity index (χ3n) is 1.41. The second-order valence-corrected chi connectivity index (χ2v) is 2.28. The molecule has 1 aromatic heterocycles. The summed E-state index contributed by atoms with van der Waals surface area (Å²) < 4.78 is 0. The molecule has 0 bridgehead atoms. The number of carbonyl (C=O) groups excluding carboxylic acids is 1. The van der Waals surface area contributed by atoms with Crippen LogP contribution in [0.1, 0.15) is 0 Å². The van der Waals surface area contributed by atoms with Crippen molar-refractivity contribution in [1.82, 2.24) is 4.98 Å². The molecule has 0 aliphatic heterocycles. The maximum atomic E-state index is 10.7. The van der Waals surface area contributed by atoms with Gasteiger partial charge in [-0.3, -0.25) is 4.79 Å². The number of aromatic nitrogens is 1. The highest BCUT2D eigenvalue weighted by molar-refractivity contribution is 6.03. The van der Waals surface area contributed by atoms with E-state index in [1.165, 1.54) is 6.20 Å². The third kappa shape index (κ3) is 2.49. The highest BCUT2D eigenvalue weighted by Crippen LogP contribution is 2.08. The molecule has 1 rings (SSSR count). The Balaban J connectivity index is 2.71. The minimum absolute atomic E-state index is 0.473. The molecule has 0 unspecified atom stereocenters. The Kier molecular flexibility index (Phi) is 2.87. The number of nitrogens with one attached hydrogen (secondary N) is 2.